The van der Waals surface area contributed by atoms with Gasteiger partial charge in [-0.1, -0.05) is 41.9 Å². The van der Waals surface area contributed by atoms with Gasteiger partial charge in [0.25, 0.3) is 0 Å². The number of hydrogen-bond acceptors (Lipinski definition) is 4. The zero-order valence-corrected chi connectivity index (χ0v) is 21.1. The Labute approximate surface area is 200 Å². The molecule has 0 saturated heterocycles. The monoisotopic (exact) mass is 566 g/mol. The fourth-order valence-corrected chi connectivity index (χ4v) is 3.73. The Balaban J connectivity index is 0.00000450. The van der Waals surface area contributed by atoms with Crippen molar-refractivity contribution in [3.63, 3.8) is 0 Å². The van der Waals surface area contributed by atoms with Crippen molar-refractivity contribution in [1.29, 1.82) is 0 Å². The van der Waals surface area contributed by atoms with Gasteiger partial charge in [-0.15, -0.1) is 24.0 Å². The smallest absolute Gasteiger partial charge is 0.215 e. The number of guanidine groups is 1. The Morgan fingerprint density at radius 2 is 1.87 bits per heavy atom. The van der Waals surface area contributed by atoms with Gasteiger partial charge in [-0.2, -0.15) is 0 Å². The zero-order chi connectivity index (χ0) is 21.3. The predicted molar refractivity (Wildman–Crippen MR) is 133 cm³/mol. The van der Waals surface area contributed by atoms with Gasteiger partial charge in [0.15, 0.2) is 5.96 Å². The highest BCUT2D eigenvalue weighted by molar-refractivity contribution is 14.0. The third-order valence-electron chi connectivity index (χ3n) is 4.29. The number of benzene rings is 2. The van der Waals surface area contributed by atoms with Crippen LogP contribution >= 0.6 is 35.6 Å². The molecule has 2 aromatic rings. The maximum atomic E-state index is 11.7. The molecule has 0 bridgehead atoms. The van der Waals surface area contributed by atoms with Crippen molar-refractivity contribution in [2.24, 2.45) is 4.99 Å². The summed E-state index contributed by atoms with van der Waals surface area (Å²) in [5, 5.41) is 7.15. The Bertz CT molecular complexity index is 955. The number of hydrogen-bond donors (Lipinski definition) is 3. The van der Waals surface area contributed by atoms with Crippen molar-refractivity contribution in [3.8, 4) is 5.75 Å². The molecule has 0 aliphatic rings. The van der Waals surface area contributed by atoms with Gasteiger partial charge in [0.05, 0.1) is 12.9 Å². The van der Waals surface area contributed by atoms with Crippen LogP contribution in [-0.4, -0.2) is 42.1 Å². The standard InChI is InChI=1S/C20H27ClN4O3S.HI/c1-22-20(24-10-9-17-7-8-18(28-3)12-19(17)21)25-13-15-5-4-6-16(11-15)14-29(26,27)23-2;/h4-8,11-12,23H,9-10,13-14H2,1-3H3,(H2,22,24,25);1H. The second-order valence-corrected chi connectivity index (χ2v) is 8.68. The summed E-state index contributed by atoms with van der Waals surface area (Å²) in [6, 6.07) is 13.1. The average Bonchev–Trinajstić information content (AvgIpc) is 2.71. The molecule has 0 heterocycles. The van der Waals surface area contributed by atoms with E-state index in [2.05, 4.69) is 20.3 Å². The number of sulfonamides is 1. The van der Waals surface area contributed by atoms with Crippen molar-refractivity contribution in [2.45, 2.75) is 18.7 Å². The van der Waals surface area contributed by atoms with Crippen LogP contribution in [0.15, 0.2) is 47.5 Å². The Morgan fingerprint density at radius 1 is 1.13 bits per heavy atom. The SMILES string of the molecule is CN=C(NCCc1ccc(OC)cc1Cl)NCc1cccc(CS(=O)(=O)NC)c1.I. The fraction of sp³-hybridized carbons (Fsp3) is 0.350. The lowest BCUT2D eigenvalue weighted by Gasteiger charge is -2.13. The van der Waals surface area contributed by atoms with E-state index in [1.165, 1.54) is 7.05 Å². The van der Waals surface area contributed by atoms with Crippen LogP contribution in [0.25, 0.3) is 0 Å². The molecule has 0 fully saturated rings. The summed E-state index contributed by atoms with van der Waals surface area (Å²) in [5.41, 5.74) is 2.72. The molecule has 0 aromatic heterocycles. The quantitative estimate of drug-likeness (QED) is 0.247. The lowest BCUT2D eigenvalue weighted by atomic mass is 10.1. The molecule has 166 valence electrons. The number of aliphatic imine (C=N–C) groups is 1. The molecule has 7 nitrogen and oxygen atoms in total. The first-order valence-corrected chi connectivity index (χ1v) is 11.2. The third kappa shape index (κ3) is 8.66. The molecule has 0 aliphatic carbocycles. The van der Waals surface area contributed by atoms with Gasteiger partial charge in [0.1, 0.15) is 5.75 Å². The van der Waals surface area contributed by atoms with Gasteiger partial charge in [0, 0.05) is 25.2 Å². The Kier molecular flexibility index (Phi) is 11.5. The summed E-state index contributed by atoms with van der Waals surface area (Å²) in [6.45, 7) is 1.18. The molecule has 0 radical (unpaired) electrons. The highest BCUT2D eigenvalue weighted by atomic mass is 127. The van der Waals surface area contributed by atoms with Crippen LogP contribution in [0.4, 0.5) is 0 Å². The van der Waals surface area contributed by atoms with Gasteiger partial charge in [-0.25, -0.2) is 13.1 Å². The summed E-state index contributed by atoms with van der Waals surface area (Å²) in [4.78, 5) is 4.21. The first-order chi connectivity index (χ1) is 13.9. The van der Waals surface area contributed by atoms with E-state index in [0.29, 0.717) is 24.1 Å². The molecule has 3 N–H and O–H groups in total. The first-order valence-electron chi connectivity index (χ1n) is 9.13. The second kappa shape index (κ2) is 13.0. The van der Waals surface area contributed by atoms with Gasteiger partial charge < -0.3 is 15.4 Å². The highest BCUT2D eigenvalue weighted by Gasteiger charge is 2.09. The molecule has 0 amide bonds. The van der Waals surface area contributed by atoms with Crippen LogP contribution in [-0.2, 0) is 28.7 Å². The number of rotatable bonds is 9. The second-order valence-electron chi connectivity index (χ2n) is 6.34. The molecule has 0 unspecified atom stereocenters. The minimum Gasteiger partial charge on any atom is -0.497 e. The lowest BCUT2D eigenvalue weighted by Crippen LogP contribution is -2.37. The number of halogens is 2. The number of methoxy groups -OCH3 is 1. The Morgan fingerprint density at radius 3 is 2.50 bits per heavy atom. The first kappa shape index (κ1) is 26.5. The summed E-state index contributed by atoms with van der Waals surface area (Å²) < 4.78 is 30.9. The molecule has 0 atom stereocenters. The number of nitrogens with zero attached hydrogens (tertiary/aromatic N) is 1. The van der Waals surface area contributed by atoms with Crippen LogP contribution in [0.5, 0.6) is 5.75 Å². The zero-order valence-electron chi connectivity index (χ0n) is 17.2. The number of ether oxygens (including phenoxy) is 1. The summed E-state index contributed by atoms with van der Waals surface area (Å²) in [5.74, 6) is 1.34. The van der Waals surface area contributed by atoms with E-state index >= 15 is 0 Å². The van der Waals surface area contributed by atoms with Crippen LogP contribution in [0, 0.1) is 0 Å². The maximum absolute atomic E-state index is 11.7. The van der Waals surface area contributed by atoms with Crippen molar-refractivity contribution < 1.29 is 13.2 Å². The normalized spacial score (nSPS) is 11.5. The van der Waals surface area contributed by atoms with E-state index in [-0.39, 0.29) is 29.7 Å². The molecule has 0 aliphatic heterocycles. The van der Waals surface area contributed by atoms with Gasteiger partial charge in [0.2, 0.25) is 10.0 Å². The molecule has 2 rings (SSSR count). The van der Waals surface area contributed by atoms with E-state index in [1.54, 1.807) is 26.3 Å². The van der Waals surface area contributed by atoms with Crippen molar-refractivity contribution in [1.82, 2.24) is 15.4 Å². The van der Waals surface area contributed by atoms with E-state index in [0.717, 1.165) is 28.9 Å². The van der Waals surface area contributed by atoms with Crippen molar-refractivity contribution in [2.75, 3.05) is 27.7 Å². The van der Waals surface area contributed by atoms with Gasteiger partial charge >= 0.3 is 0 Å². The molecule has 0 saturated carbocycles. The fourth-order valence-electron chi connectivity index (χ4n) is 2.70. The van der Waals surface area contributed by atoms with Gasteiger partial charge in [-0.3, -0.25) is 4.99 Å². The van der Waals surface area contributed by atoms with Crippen molar-refractivity contribution in [3.05, 3.63) is 64.2 Å². The molecule has 0 spiro atoms. The summed E-state index contributed by atoms with van der Waals surface area (Å²) in [6.07, 6.45) is 0.737. The highest BCUT2D eigenvalue weighted by Crippen LogP contribution is 2.22. The molecular formula is C20H28ClIN4O3S. The van der Waals surface area contributed by atoms with Gasteiger partial charge in [-0.05, 0) is 42.3 Å². The Hall–Kier alpha value is -1.56. The predicted octanol–water partition coefficient (Wildman–Crippen LogP) is 2.92. The molecular weight excluding hydrogens is 539 g/mol. The molecule has 30 heavy (non-hydrogen) atoms. The topological polar surface area (TPSA) is 91.8 Å². The third-order valence-corrected chi connectivity index (χ3v) is 5.98. The van der Waals surface area contributed by atoms with E-state index in [1.807, 2.05) is 30.3 Å². The van der Waals surface area contributed by atoms with Crippen LogP contribution in [0.3, 0.4) is 0 Å². The average molecular weight is 567 g/mol. The van der Waals surface area contributed by atoms with E-state index < -0.39 is 10.0 Å². The minimum atomic E-state index is -3.30. The summed E-state index contributed by atoms with van der Waals surface area (Å²) >= 11 is 6.27. The van der Waals surface area contributed by atoms with Crippen molar-refractivity contribution >= 4 is 51.6 Å². The van der Waals surface area contributed by atoms with E-state index in [9.17, 15) is 8.42 Å². The van der Waals surface area contributed by atoms with Crippen LogP contribution in [0.2, 0.25) is 5.02 Å². The number of nitrogens with one attached hydrogen (secondary N) is 3. The van der Waals surface area contributed by atoms with E-state index in [4.69, 9.17) is 16.3 Å². The van der Waals surface area contributed by atoms with Crippen LogP contribution < -0.4 is 20.1 Å². The van der Waals surface area contributed by atoms with Crippen LogP contribution in [0.1, 0.15) is 16.7 Å². The molecule has 2 aromatic carbocycles. The lowest BCUT2D eigenvalue weighted by molar-refractivity contribution is 0.414. The molecule has 10 heteroatoms. The summed E-state index contributed by atoms with van der Waals surface area (Å²) in [7, 11) is 1.42. The largest absolute Gasteiger partial charge is 0.497 e. The maximum Gasteiger partial charge on any atom is 0.215 e. The minimum absolute atomic E-state index is 0.